The highest BCUT2D eigenvalue weighted by atomic mass is 35.5. The Bertz CT molecular complexity index is 1640. The fraction of sp³-hybridized carbons (Fsp3) is 0.793. The van der Waals surface area contributed by atoms with Crippen molar-refractivity contribution < 1.29 is 69.3 Å². The van der Waals surface area contributed by atoms with Crippen molar-refractivity contribution >= 4 is 23.2 Å². The zero-order valence-corrected chi connectivity index (χ0v) is 30.2. The summed E-state index contributed by atoms with van der Waals surface area (Å²) in [5.41, 5.74) is 1.29. The minimum absolute atomic E-state index is 0.00571. The highest BCUT2D eigenvalue weighted by Crippen LogP contribution is 2.38. The Morgan fingerprint density at radius 1 is 0.722 bits per heavy atom. The van der Waals surface area contributed by atoms with Crippen molar-refractivity contribution in [3.8, 4) is 0 Å². The minimum Gasteiger partial charge on any atom is -0.396 e. The van der Waals surface area contributed by atoms with E-state index in [2.05, 4.69) is 30.9 Å². The van der Waals surface area contributed by atoms with Crippen LogP contribution in [-0.2, 0) is 68.4 Å². The molecule has 3 saturated heterocycles. The third kappa shape index (κ3) is 9.01. The molecule has 302 valence electrons. The fourth-order valence-electron chi connectivity index (χ4n) is 6.24. The van der Waals surface area contributed by atoms with Gasteiger partial charge >= 0.3 is 0 Å². The summed E-state index contributed by atoms with van der Waals surface area (Å²) in [6, 6.07) is 0. The van der Waals surface area contributed by atoms with E-state index in [0.29, 0.717) is 17.1 Å². The number of halogens is 2. The maximum absolute atomic E-state index is 10.9. The van der Waals surface area contributed by atoms with Crippen LogP contribution >= 0.6 is 23.2 Å². The molecule has 0 radical (unpaired) electrons. The Morgan fingerprint density at radius 2 is 1.31 bits per heavy atom. The molecule has 3 aromatic rings. The highest BCUT2D eigenvalue weighted by Gasteiger charge is 2.58. The van der Waals surface area contributed by atoms with Gasteiger partial charge in [0.15, 0.2) is 12.6 Å². The molecule has 25 heteroatoms. The second-order valence-corrected chi connectivity index (χ2v) is 14.0. The first-order valence-corrected chi connectivity index (χ1v) is 17.9. The van der Waals surface area contributed by atoms with Crippen LogP contribution in [0.1, 0.15) is 23.5 Å². The first-order valence-electron chi connectivity index (χ1n) is 16.9. The average molecular weight is 813 g/mol. The molecule has 54 heavy (non-hydrogen) atoms. The number of ether oxygens (including phenoxy) is 6. The maximum atomic E-state index is 10.9. The number of aliphatic hydroxyl groups excluding tert-OH is 8. The zero-order chi connectivity index (χ0) is 38.7. The number of rotatable bonds is 16. The van der Waals surface area contributed by atoms with Crippen LogP contribution in [0.3, 0.4) is 0 Å². The molecular formula is C29H43Cl2N9O14. The van der Waals surface area contributed by atoms with E-state index in [1.807, 2.05) is 0 Å². The van der Waals surface area contributed by atoms with Crippen molar-refractivity contribution in [1.29, 1.82) is 0 Å². The van der Waals surface area contributed by atoms with Gasteiger partial charge in [0.25, 0.3) is 0 Å². The van der Waals surface area contributed by atoms with Crippen LogP contribution in [0.4, 0.5) is 0 Å². The van der Waals surface area contributed by atoms with Gasteiger partial charge in [0, 0.05) is 13.7 Å². The molecule has 0 spiro atoms. The van der Waals surface area contributed by atoms with Gasteiger partial charge in [0.05, 0.1) is 68.9 Å². The first kappa shape index (κ1) is 41.1. The van der Waals surface area contributed by atoms with Gasteiger partial charge in [-0.1, -0.05) is 15.6 Å². The van der Waals surface area contributed by atoms with E-state index in [-0.39, 0.29) is 45.9 Å². The minimum atomic E-state index is -2.06. The first-order chi connectivity index (χ1) is 25.8. The summed E-state index contributed by atoms with van der Waals surface area (Å²) in [6.07, 6.45) is -12.0. The Balaban J connectivity index is 0.979. The van der Waals surface area contributed by atoms with Gasteiger partial charge < -0.3 is 69.3 Å². The zero-order valence-electron chi connectivity index (χ0n) is 28.7. The van der Waals surface area contributed by atoms with Crippen LogP contribution in [0.2, 0.25) is 0 Å². The van der Waals surface area contributed by atoms with E-state index in [9.17, 15) is 40.9 Å². The molecule has 14 atom stereocenters. The molecule has 0 aromatic carbocycles. The van der Waals surface area contributed by atoms with E-state index < -0.39 is 90.7 Å². The molecule has 0 unspecified atom stereocenters. The van der Waals surface area contributed by atoms with Crippen molar-refractivity contribution in [3.63, 3.8) is 0 Å². The monoisotopic (exact) mass is 811 g/mol. The number of hydrogen-bond acceptors (Lipinski definition) is 20. The molecular weight excluding hydrogens is 769 g/mol. The number of hydrogen-bond donors (Lipinski definition) is 8. The lowest BCUT2D eigenvalue weighted by Crippen LogP contribution is -2.60. The molecule has 3 aliphatic rings. The fourth-order valence-corrected chi connectivity index (χ4v) is 6.86. The lowest BCUT2D eigenvalue weighted by molar-refractivity contribution is -0.357. The summed E-state index contributed by atoms with van der Waals surface area (Å²) in [4.78, 5) is 0. The van der Waals surface area contributed by atoms with E-state index >= 15 is 0 Å². The molecule has 0 aliphatic carbocycles. The average Bonchev–Trinajstić information content (AvgIpc) is 3.95. The molecule has 0 bridgehead atoms. The van der Waals surface area contributed by atoms with E-state index in [1.54, 1.807) is 19.4 Å². The molecule has 8 N–H and O–H groups in total. The molecule has 3 fully saturated rings. The van der Waals surface area contributed by atoms with Crippen molar-refractivity contribution in [2.45, 2.75) is 124 Å². The standard InChI is InChI=1S/C29H43Cl2N9O14/c1-38-4-13(32-35-38)11-50-27-25(47)23(45)20(42)17(52-27)7-39-5-14(33-36-39)9-49-10-15-6-40(37-34-15)8-18-21(43)26(48)29(12-30,53-18)54-28-24(46)22(44)19(31)16(51-28)2-3-41/h4-6,16-28,41-48H,2-3,7-12H2,1H3/t16-,17-,18-,19+,20+,21+,22+,23+,24-,25+,26+,27-,28-,29+/m1/s1. The Labute approximate surface area is 316 Å². The van der Waals surface area contributed by atoms with E-state index in [0.717, 1.165) is 0 Å². The van der Waals surface area contributed by atoms with Crippen LogP contribution < -0.4 is 0 Å². The second-order valence-electron chi connectivity index (χ2n) is 13.2. The summed E-state index contributed by atoms with van der Waals surface area (Å²) >= 11 is 12.3. The van der Waals surface area contributed by atoms with Gasteiger partial charge in [-0.3, -0.25) is 4.68 Å². The normalized spacial score (nSPS) is 37.3. The molecule has 23 nitrogen and oxygen atoms in total. The van der Waals surface area contributed by atoms with E-state index in [1.165, 1.54) is 20.2 Å². The number of aliphatic hydroxyl groups is 8. The van der Waals surface area contributed by atoms with Crippen molar-refractivity contribution in [3.05, 3.63) is 35.7 Å². The third-order valence-corrected chi connectivity index (χ3v) is 10.1. The van der Waals surface area contributed by atoms with Crippen molar-refractivity contribution in [2.75, 3.05) is 12.5 Å². The van der Waals surface area contributed by atoms with Crippen LogP contribution in [-0.4, -0.2) is 183 Å². The Kier molecular flexibility index (Phi) is 13.5. The molecule has 6 heterocycles. The van der Waals surface area contributed by atoms with Gasteiger partial charge in [-0.15, -0.1) is 38.5 Å². The molecule has 3 aliphatic heterocycles. The maximum Gasteiger partial charge on any atom is 0.214 e. The SMILES string of the molecule is Cn1cc(CO[C@@H]2O[C@H](Cn3cc(COCc4cn(C[C@H]5O[C@@](CCl)(O[C@H]6O[C@H](CCO)[C@H](Cl)[C@H](O)[C@H]6O)[C@@H](O)[C@H]5O)nn4)nn3)[C@H](O)[C@H](O)[C@@H]2O)nn1. The third-order valence-electron chi connectivity index (χ3n) is 9.16. The Morgan fingerprint density at radius 3 is 1.93 bits per heavy atom. The van der Waals surface area contributed by atoms with Crippen LogP contribution in [0.5, 0.6) is 0 Å². The number of nitrogens with zero attached hydrogens (tertiary/aromatic N) is 9. The lowest BCUT2D eigenvalue weighted by atomic mass is 9.99. The molecule has 0 amide bonds. The summed E-state index contributed by atoms with van der Waals surface area (Å²) in [5, 5.41) is 106. The van der Waals surface area contributed by atoms with Crippen molar-refractivity contribution in [1.82, 2.24) is 45.0 Å². The lowest BCUT2D eigenvalue weighted by Gasteiger charge is -2.43. The van der Waals surface area contributed by atoms with Gasteiger partial charge in [0.2, 0.25) is 5.79 Å². The molecule has 0 saturated carbocycles. The summed E-state index contributed by atoms with van der Waals surface area (Å²) in [5.74, 6) is -2.56. The second kappa shape index (κ2) is 17.7. The number of alkyl halides is 2. The predicted octanol–water partition coefficient (Wildman–Crippen LogP) is -4.75. The highest BCUT2D eigenvalue weighted by molar-refractivity contribution is 6.21. The Hall–Kier alpha value is -2.56. The molecule has 6 rings (SSSR count). The van der Waals surface area contributed by atoms with Gasteiger partial charge in [-0.2, -0.15) is 0 Å². The topological polar surface area (TPSA) is 309 Å². The van der Waals surface area contributed by atoms with Gasteiger partial charge in [-0.05, 0) is 6.42 Å². The largest absolute Gasteiger partial charge is 0.396 e. The number of aryl methyl sites for hydroxylation is 1. The van der Waals surface area contributed by atoms with Gasteiger partial charge in [-0.25, -0.2) is 9.36 Å². The van der Waals surface area contributed by atoms with Crippen LogP contribution in [0.15, 0.2) is 18.6 Å². The van der Waals surface area contributed by atoms with Crippen LogP contribution in [0.25, 0.3) is 0 Å². The van der Waals surface area contributed by atoms with Gasteiger partial charge in [0.1, 0.15) is 72.0 Å². The quantitative estimate of drug-likeness (QED) is 0.0630. The molecule has 3 aromatic heterocycles. The van der Waals surface area contributed by atoms with Crippen molar-refractivity contribution in [2.24, 2.45) is 7.05 Å². The predicted molar refractivity (Wildman–Crippen MR) is 174 cm³/mol. The van der Waals surface area contributed by atoms with Crippen LogP contribution in [0, 0.1) is 0 Å². The summed E-state index contributed by atoms with van der Waals surface area (Å²) in [7, 11) is 1.68. The summed E-state index contributed by atoms with van der Waals surface area (Å²) in [6.45, 7) is -0.513. The number of aromatic nitrogens is 9. The van der Waals surface area contributed by atoms with E-state index in [4.69, 9.17) is 51.6 Å². The smallest absolute Gasteiger partial charge is 0.214 e. The summed E-state index contributed by atoms with van der Waals surface area (Å²) < 4.78 is 38.5.